The van der Waals surface area contributed by atoms with Crippen molar-refractivity contribution in [3.63, 3.8) is 0 Å². The molecule has 0 aliphatic carbocycles. The predicted molar refractivity (Wildman–Crippen MR) is 55.0 cm³/mol. The molecule has 1 aliphatic rings. The van der Waals surface area contributed by atoms with Gasteiger partial charge in [0.05, 0.1) is 12.5 Å². The third-order valence-electron chi connectivity index (χ3n) is 2.25. The smallest absolute Gasteiger partial charge is 0.305 e. The molecule has 1 heterocycles. The lowest BCUT2D eigenvalue weighted by Crippen LogP contribution is -2.39. The van der Waals surface area contributed by atoms with Crippen LogP contribution in [0, 0.1) is 0 Å². The molecule has 1 aromatic rings. The lowest BCUT2D eigenvalue weighted by atomic mass is 10.0. The molecule has 0 saturated heterocycles. The van der Waals surface area contributed by atoms with Gasteiger partial charge < -0.3 is 9.94 Å². The van der Waals surface area contributed by atoms with E-state index in [-0.39, 0.29) is 12.5 Å². The molecule has 80 valence electrons. The SMILES string of the molecule is O=C(O)CC1Cc2ccc(Cl)cc2ON1. The fraction of sp³-hybridized carbons (Fsp3) is 0.300. The fourth-order valence-corrected chi connectivity index (χ4v) is 1.73. The highest BCUT2D eigenvalue weighted by Gasteiger charge is 2.21. The van der Waals surface area contributed by atoms with Crippen molar-refractivity contribution in [2.75, 3.05) is 0 Å². The first-order valence-electron chi connectivity index (χ1n) is 4.58. The number of benzene rings is 1. The summed E-state index contributed by atoms with van der Waals surface area (Å²) in [6.07, 6.45) is 0.681. The first-order chi connectivity index (χ1) is 7.15. The highest BCUT2D eigenvalue weighted by Crippen LogP contribution is 2.27. The van der Waals surface area contributed by atoms with Crippen molar-refractivity contribution in [1.82, 2.24) is 5.48 Å². The number of hydrogen-bond acceptors (Lipinski definition) is 3. The zero-order valence-corrected chi connectivity index (χ0v) is 8.62. The number of carbonyl (C=O) groups is 1. The Labute approximate surface area is 91.8 Å². The summed E-state index contributed by atoms with van der Waals surface area (Å²) in [5.41, 5.74) is 3.67. The maximum Gasteiger partial charge on any atom is 0.305 e. The van der Waals surface area contributed by atoms with Crippen LogP contribution in [-0.2, 0) is 11.2 Å². The van der Waals surface area contributed by atoms with Crippen LogP contribution >= 0.6 is 11.6 Å². The Morgan fingerprint density at radius 3 is 3.20 bits per heavy atom. The number of hydrogen-bond donors (Lipinski definition) is 2. The molecule has 0 bridgehead atoms. The average Bonchev–Trinajstić information content (AvgIpc) is 2.17. The summed E-state index contributed by atoms with van der Waals surface area (Å²) in [5, 5.41) is 9.25. The van der Waals surface area contributed by atoms with Crippen molar-refractivity contribution in [2.45, 2.75) is 18.9 Å². The number of halogens is 1. The summed E-state index contributed by atoms with van der Waals surface area (Å²) in [6.45, 7) is 0. The van der Waals surface area contributed by atoms with Gasteiger partial charge in [-0.15, -0.1) is 0 Å². The van der Waals surface area contributed by atoms with E-state index in [2.05, 4.69) is 5.48 Å². The molecule has 2 N–H and O–H groups in total. The molecule has 1 aromatic carbocycles. The maximum absolute atomic E-state index is 10.5. The van der Waals surface area contributed by atoms with Crippen molar-refractivity contribution < 1.29 is 14.7 Å². The number of aliphatic carboxylic acids is 1. The first kappa shape index (κ1) is 10.3. The monoisotopic (exact) mass is 227 g/mol. The Bertz CT molecular complexity index is 394. The van der Waals surface area contributed by atoms with E-state index in [0.717, 1.165) is 5.56 Å². The Hall–Kier alpha value is -1.26. The van der Waals surface area contributed by atoms with E-state index in [1.165, 1.54) is 0 Å². The van der Waals surface area contributed by atoms with Crippen molar-refractivity contribution in [2.24, 2.45) is 0 Å². The van der Waals surface area contributed by atoms with E-state index in [1.54, 1.807) is 12.1 Å². The van der Waals surface area contributed by atoms with Crippen LogP contribution in [0.1, 0.15) is 12.0 Å². The van der Waals surface area contributed by atoms with Gasteiger partial charge in [-0.05, 0) is 18.1 Å². The molecule has 0 spiro atoms. The third kappa shape index (κ3) is 2.40. The minimum atomic E-state index is -0.839. The van der Waals surface area contributed by atoms with Gasteiger partial charge in [-0.1, -0.05) is 17.7 Å². The largest absolute Gasteiger partial charge is 0.481 e. The van der Waals surface area contributed by atoms with Gasteiger partial charge >= 0.3 is 5.97 Å². The zero-order valence-electron chi connectivity index (χ0n) is 7.87. The van der Waals surface area contributed by atoms with Crippen LogP contribution in [0.5, 0.6) is 5.75 Å². The number of carboxylic acids is 1. The lowest BCUT2D eigenvalue weighted by molar-refractivity contribution is -0.138. The second kappa shape index (κ2) is 4.08. The molecule has 4 nitrogen and oxygen atoms in total. The predicted octanol–water partition coefficient (Wildman–Crippen LogP) is 1.62. The fourth-order valence-electron chi connectivity index (χ4n) is 1.57. The van der Waals surface area contributed by atoms with Gasteiger partial charge in [0, 0.05) is 11.1 Å². The Balaban J connectivity index is 2.13. The summed E-state index contributed by atoms with van der Waals surface area (Å²) in [5.74, 6) is -0.169. The van der Waals surface area contributed by atoms with E-state index in [4.69, 9.17) is 21.5 Å². The third-order valence-corrected chi connectivity index (χ3v) is 2.49. The molecule has 1 unspecified atom stereocenters. The molecule has 1 aliphatic heterocycles. The summed E-state index contributed by atoms with van der Waals surface area (Å²) >= 11 is 5.80. The molecule has 0 amide bonds. The summed E-state index contributed by atoms with van der Waals surface area (Å²) in [7, 11) is 0. The highest BCUT2D eigenvalue weighted by molar-refractivity contribution is 6.30. The number of fused-ring (bicyclic) bond motifs is 1. The van der Waals surface area contributed by atoms with Crippen molar-refractivity contribution in [1.29, 1.82) is 0 Å². The van der Waals surface area contributed by atoms with Crippen LogP contribution in [0.3, 0.4) is 0 Å². The summed E-state index contributed by atoms with van der Waals surface area (Å²) in [4.78, 5) is 15.7. The van der Waals surface area contributed by atoms with Crippen LogP contribution < -0.4 is 10.3 Å². The molecule has 0 fully saturated rings. The minimum absolute atomic E-state index is 0.0437. The minimum Gasteiger partial charge on any atom is -0.481 e. The van der Waals surface area contributed by atoms with Gasteiger partial charge in [-0.2, -0.15) is 5.48 Å². The van der Waals surface area contributed by atoms with Crippen LogP contribution in [0.4, 0.5) is 0 Å². The van der Waals surface area contributed by atoms with E-state index >= 15 is 0 Å². The number of rotatable bonds is 2. The quantitative estimate of drug-likeness (QED) is 0.806. The van der Waals surface area contributed by atoms with Gasteiger partial charge in [0.25, 0.3) is 0 Å². The molecular formula is C10H10ClNO3. The topological polar surface area (TPSA) is 58.6 Å². The summed E-state index contributed by atoms with van der Waals surface area (Å²) in [6, 6.07) is 5.15. The normalized spacial score (nSPS) is 19.1. The van der Waals surface area contributed by atoms with Crippen LogP contribution in [0.2, 0.25) is 5.02 Å². The standard InChI is InChI=1S/C10H10ClNO3/c11-7-2-1-6-3-8(5-10(13)14)12-15-9(6)4-7/h1-2,4,8,12H,3,5H2,(H,13,14). The van der Waals surface area contributed by atoms with Crippen molar-refractivity contribution in [3.8, 4) is 5.75 Å². The molecule has 5 heteroatoms. The van der Waals surface area contributed by atoms with Gasteiger partial charge in [0.15, 0.2) is 5.75 Å². The molecule has 15 heavy (non-hydrogen) atoms. The van der Waals surface area contributed by atoms with Crippen molar-refractivity contribution >= 4 is 17.6 Å². The number of carboxylic acid groups (broad SMARTS) is 1. The van der Waals surface area contributed by atoms with E-state index in [1.807, 2.05) is 6.07 Å². The zero-order chi connectivity index (χ0) is 10.8. The van der Waals surface area contributed by atoms with Crippen molar-refractivity contribution in [3.05, 3.63) is 28.8 Å². The van der Waals surface area contributed by atoms with Gasteiger partial charge in [0.2, 0.25) is 0 Å². The van der Waals surface area contributed by atoms with Crippen LogP contribution in [0.15, 0.2) is 18.2 Å². The molecule has 2 rings (SSSR count). The van der Waals surface area contributed by atoms with Crippen LogP contribution in [0.25, 0.3) is 0 Å². The van der Waals surface area contributed by atoms with Gasteiger partial charge in [0.1, 0.15) is 0 Å². The number of hydroxylamine groups is 1. The van der Waals surface area contributed by atoms with Gasteiger partial charge in [-0.25, -0.2) is 0 Å². The van der Waals surface area contributed by atoms with Crippen LogP contribution in [-0.4, -0.2) is 17.1 Å². The second-order valence-electron chi connectivity index (χ2n) is 3.47. The molecule has 0 aromatic heterocycles. The van der Waals surface area contributed by atoms with E-state index in [0.29, 0.717) is 17.2 Å². The Morgan fingerprint density at radius 1 is 1.67 bits per heavy atom. The van der Waals surface area contributed by atoms with E-state index in [9.17, 15) is 4.79 Å². The second-order valence-corrected chi connectivity index (χ2v) is 3.91. The van der Waals surface area contributed by atoms with E-state index < -0.39 is 5.97 Å². The molecule has 0 radical (unpaired) electrons. The summed E-state index contributed by atoms with van der Waals surface area (Å²) < 4.78 is 0. The number of nitrogens with one attached hydrogen (secondary N) is 1. The molecule has 1 atom stereocenters. The first-order valence-corrected chi connectivity index (χ1v) is 4.95. The lowest BCUT2D eigenvalue weighted by Gasteiger charge is -2.24. The average molecular weight is 228 g/mol. The Morgan fingerprint density at radius 2 is 2.47 bits per heavy atom. The van der Waals surface area contributed by atoms with Gasteiger partial charge in [-0.3, -0.25) is 4.79 Å². The molecule has 0 saturated carbocycles. The maximum atomic E-state index is 10.5. The Kier molecular flexibility index (Phi) is 2.79. The highest BCUT2D eigenvalue weighted by atomic mass is 35.5. The molecular weight excluding hydrogens is 218 g/mol.